The van der Waals surface area contributed by atoms with Gasteiger partial charge in [-0.25, -0.2) is 0 Å². The Balaban J connectivity index is 4.34. The summed E-state index contributed by atoms with van der Waals surface area (Å²) in [4.78, 5) is 24.9. The van der Waals surface area contributed by atoms with Crippen LogP contribution in [0.25, 0.3) is 0 Å². The van der Waals surface area contributed by atoms with Gasteiger partial charge in [0.1, 0.15) is 19.8 Å². The first kappa shape index (κ1) is 47.8. The van der Waals surface area contributed by atoms with Crippen LogP contribution in [0.15, 0.2) is 24.5 Å². The number of phosphoric ester groups is 1. The van der Waals surface area contributed by atoms with E-state index in [2.05, 4.69) is 26.0 Å². The van der Waals surface area contributed by atoms with Gasteiger partial charge in [0.15, 0.2) is 6.10 Å². The van der Waals surface area contributed by atoms with E-state index >= 15 is 0 Å². The fourth-order valence-corrected chi connectivity index (χ4v) is 6.12. The molecule has 9 heteroatoms. The molecule has 1 unspecified atom stereocenters. The number of carbonyl (C=O) groups excluding carboxylic acids is 1. The third-order valence-corrected chi connectivity index (χ3v) is 9.53. The highest BCUT2D eigenvalue weighted by Gasteiger charge is 2.20. The topological polar surface area (TPSA) is 94.1 Å². The molecule has 0 rings (SSSR count). The van der Waals surface area contributed by atoms with E-state index in [0.29, 0.717) is 11.0 Å². The summed E-state index contributed by atoms with van der Waals surface area (Å²) in [6.45, 7) is 4.71. The van der Waals surface area contributed by atoms with Crippen LogP contribution in [-0.2, 0) is 27.9 Å². The zero-order valence-corrected chi connectivity index (χ0v) is 33.5. The lowest BCUT2D eigenvalue weighted by atomic mass is 10.1. The molecular formula is C40H78NO7P. The first-order chi connectivity index (χ1) is 23.6. The van der Waals surface area contributed by atoms with Crippen molar-refractivity contribution in [2.45, 2.75) is 180 Å². The molecule has 49 heavy (non-hydrogen) atoms. The molecule has 0 heterocycles. The lowest BCUT2D eigenvalue weighted by Gasteiger charge is -2.28. The van der Waals surface area contributed by atoms with Crippen molar-refractivity contribution >= 4 is 13.8 Å². The number of ether oxygens (including phenoxy) is 2. The minimum atomic E-state index is -4.53. The number of hydrogen-bond acceptors (Lipinski definition) is 7. The number of carbonyl (C=O) groups is 1. The summed E-state index contributed by atoms with van der Waals surface area (Å²) in [6, 6.07) is 0. The Kier molecular flexibility index (Phi) is 33.1. The highest BCUT2D eigenvalue weighted by molar-refractivity contribution is 7.45. The first-order valence-electron chi connectivity index (χ1n) is 20.1. The molecule has 0 amide bonds. The van der Waals surface area contributed by atoms with E-state index < -0.39 is 13.9 Å². The SMILES string of the molecule is CCCCCCCC/C=C\CCCCCCCC(=O)O[C@H](CO/C=C\CCCCCCCCCCCC)COP(=O)([O-])OCC[N+](C)(C)C. The van der Waals surface area contributed by atoms with Crippen molar-refractivity contribution in [1.29, 1.82) is 0 Å². The van der Waals surface area contributed by atoms with Crippen LogP contribution in [0, 0.1) is 0 Å². The second-order valence-corrected chi connectivity index (χ2v) is 16.1. The molecule has 0 aliphatic rings. The van der Waals surface area contributed by atoms with Gasteiger partial charge in [-0.1, -0.05) is 135 Å². The number of nitrogens with zero attached hydrogens (tertiary/aromatic N) is 1. The fourth-order valence-electron chi connectivity index (χ4n) is 5.39. The van der Waals surface area contributed by atoms with Gasteiger partial charge in [0.2, 0.25) is 0 Å². The number of esters is 1. The van der Waals surface area contributed by atoms with E-state index in [1.54, 1.807) is 6.26 Å². The zero-order chi connectivity index (χ0) is 36.3. The van der Waals surface area contributed by atoms with E-state index in [1.165, 1.54) is 109 Å². The number of hydrogen-bond donors (Lipinski definition) is 0. The molecular weight excluding hydrogens is 637 g/mol. The summed E-state index contributed by atoms with van der Waals surface area (Å²) in [6.07, 6.45) is 37.0. The number of quaternary nitrogens is 1. The molecule has 290 valence electrons. The normalized spacial score (nSPS) is 14.1. The molecule has 0 aromatic carbocycles. The Bertz CT molecular complexity index is 843. The molecule has 0 spiro atoms. The second kappa shape index (κ2) is 33.9. The molecule has 0 saturated heterocycles. The van der Waals surface area contributed by atoms with Gasteiger partial charge in [-0.3, -0.25) is 9.36 Å². The van der Waals surface area contributed by atoms with E-state index in [0.717, 1.165) is 44.9 Å². The van der Waals surface area contributed by atoms with E-state index in [1.807, 2.05) is 27.2 Å². The maximum atomic E-state index is 12.6. The van der Waals surface area contributed by atoms with Crippen molar-refractivity contribution in [1.82, 2.24) is 0 Å². The van der Waals surface area contributed by atoms with Gasteiger partial charge >= 0.3 is 5.97 Å². The number of unbranched alkanes of at least 4 members (excludes halogenated alkanes) is 21. The van der Waals surface area contributed by atoms with E-state index in [4.69, 9.17) is 18.5 Å². The minimum absolute atomic E-state index is 0.0163. The predicted molar refractivity (Wildman–Crippen MR) is 203 cm³/mol. The molecule has 2 atom stereocenters. The highest BCUT2D eigenvalue weighted by Crippen LogP contribution is 2.38. The summed E-state index contributed by atoms with van der Waals surface area (Å²) < 4.78 is 34.2. The average molecular weight is 716 g/mol. The molecule has 0 aliphatic carbocycles. The van der Waals surface area contributed by atoms with E-state index in [-0.39, 0.29) is 32.2 Å². The van der Waals surface area contributed by atoms with Crippen LogP contribution in [0.2, 0.25) is 0 Å². The van der Waals surface area contributed by atoms with Gasteiger partial charge in [-0.2, -0.15) is 0 Å². The Morgan fingerprint density at radius 1 is 0.633 bits per heavy atom. The molecule has 8 nitrogen and oxygen atoms in total. The van der Waals surface area contributed by atoms with Crippen molar-refractivity contribution < 1.29 is 37.3 Å². The van der Waals surface area contributed by atoms with Crippen molar-refractivity contribution in [3.05, 3.63) is 24.5 Å². The number of likely N-dealkylation sites (N-methyl/N-ethyl adjacent to an activating group) is 1. The van der Waals surface area contributed by atoms with Crippen molar-refractivity contribution in [3.8, 4) is 0 Å². The third-order valence-electron chi connectivity index (χ3n) is 8.57. The number of allylic oxidation sites excluding steroid dienone is 3. The van der Waals surface area contributed by atoms with Crippen LogP contribution in [0.3, 0.4) is 0 Å². The minimum Gasteiger partial charge on any atom is -0.756 e. The average Bonchev–Trinajstić information content (AvgIpc) is 3.04. The molecule has 0 aliphatic heterocycles. The van der Waals surface area contributed by atoms with Gasteiger partial charge in [-0.05, 0) is 51.0 Å². The van der Waals surface area contributed by atoms with E-state index in [9.17, 15) is 14.3 Å². The van der Waals surface area contributed by atoms with Gasteiger partial charge < -0.3 is 27.9 Å². The summed E-state index contributed by atoms with van der Waals surface area (Å²) in [5.74, 6) is -0.365. The van der Waals surface area contributed by atoms with Crippen LogP contribution in [-0.4, -0.2) is 64.1 Å². The summed E-state index contributed by atoms with van der Waals surface area (Å²) in [5.41, 5.74) is 0. The van der Waals surface area contributed by atoms with Crippen LogP contribution in [0.1, 0.15) is 174 Å². The van der Waals surface area contributed by atoms with Crippen molar-refractivity contribution in [2.75, 3.05) is 47.5 Å². The zero-order valence-electron chi connectivity index (χ0n) is 32.6. The molecule has 0 N–H and O–H groups in total. The molecule has 0 aromatic heterocycles. The molecule has 0 radical (unpaired) electrons. The predicted octanol–water partition coefficient (Wildman–Crippen LogP) is 11.0. The van der Waals surface area contributed by atoms with Crippen molar-refractivity contribution in [3.63, 3.8) is 0 Å². The standard InChI is InChI=1S/C40H78NO7P/c1-6-8-10-12-14-16-18-20-21-22-23-25-27-29-31-33-40(42)48-39(38-47-49(43,44)46-36-34-41(3,4)5)37-45-35-32-30-28-26-24-19-17-15-13-11-9-7-2/h20-21,32,35,39H,6-19,22-31,33-34,36-38H2,1-5H3/b21-20-,35-32-/t39-/m1/s1. The maximum Gasteiger partial charge on any atom is 0.306 e. The lowest BCUT2D eigenvalue weighted by Crippen LogP contribution is -2.37. The summed E-state index contributed by atoms with van der Waals surface area (Å²) in [5, 5.41) is 0. The molecule has 0 fully saturated rings. The Labute approximate surface area is 303 Å². The number of rotatable bonds is 37. The van der Waals surface area contributed by atoms with Gasteiger partial charge in [0.05, 0.1) is 34.0 Å². The van der Waals surface area contributed by atoms with Crippen LogP contribution in [0.5, 0.6) is 0 Å². The quantitative estimate of drug-likeness (QED) is 0.0158. The monoisotopic (exact) mass is 716 g/mol. The maximum absolute atomic E-state index is 12.6. The summed E-state index contributed by atoms with van der Waals surface area (Å²) in [7, 11) is 1.32. The Morgan fingerprint density at radius 3 is 1.57 bits per heavy atom. The Hall–Kier alpha value is -1.18. The third kappa shape index (κ3) is 37.9. The molecule has 0 saturated carbocycles. The fraction of sp³-hybridized carbons (Fsp3) is 0.875. The smallest absolute Gasteiger partial charge is 0.306 e. The molecule has 0 bridgehead atoms. The van der Waals surface area contributed by atoms with Gasteiger partial charge in [0, 0.05) is 6.42 Å². The molecule has 0 aromatic rings. The van der Waals surface area contributed by atoms with Gasteiger partial charge in [-0.15, -0.1) is 0 Å². The number of phosphoric acid groups is 1. The summed E-state index contributed by atoms with van der Waals surface area (Å²) >= 11 is 0. The van der Waals surface area contributed by atoms with Crippen LogP contribution >= 0.6 is 7.82 Å². The Morgan fingerprint density at radius 2 is 1.08 bits per heavy atom. The van der Waals surface area contributed by atoms with Gasteiger partial charge in [0.25, 0.3) is 7.82 Å². The van der Waals surface area contributed by atoms with Crippen molar-refractivity contribution in [2.24, 2.45) is 0 Å². The first-order valence-corrected chi connectivity index (χ1v) is 21.6. The largest absolute Gasteiger partial charge is 0.756 e. The highest BCUT2D eigenvalue weighted by atomic mass is 31.2. The lowest BCUT2D eigenvalue weighted by molar-refractivity contribution is -0.870. The van der Waals surface area contributed by atoms with Crippen LogP contribution in [0.4, 0.5) is 0 Å². The second-order valence-electron chi connectivity index (χ2n) is 14.7. The van der Waals surface area contributed by atoms with Crippen LogP contribution < -0.4 is 4.89 Å².